The molecule has 0 spiro atoms. The first-order valence-electron chi connectivity index (χ1n) is 11.6. The molecule has 2 aromatic rings. The molecule has 0 radical (unpaired) electrons. The molecule has 1 aliphatic carbocycles. The standard InChI is InChI=1S/C26H31NO7/c28-24(29)12-5-6-13-25(30)33-17-16-32-15-7-14-27-26(31)34-18-23-21-10-3-1-8-19(21)20-9-2-4-11-22(20)23/h1-4,8-11,23H,5-7,12-18H2,(H,27,31)(H,28,29). The van der Waals surface area contributed by atoms with Gasteiger partial charge in [0.2, 0.25) is 0 Å². The zero-order valence-corrected chi connectivity index (χ0v) is 19.2. The zero-order chi connectivity index (χ0) is 24.2. The maximum Gasteiger partial charge on any atom is 0.407 e. The first-order chi connectivity index (χ1) is 16.6. The number of alkyl carbamates (subject to hydrolysis) is 1. The minimum Gasteiger partial charge on any atom is -0.481 e. The van der Waals surface area contributed by atoms with Gasteiger partial charge in [-0.3, -0.25) is 9.59 Å². The predicted octanol–water partition coefficient (Wildman–Crippen LogP) is 4.12. The highest BCUT2D eigenvalue weighted by molar-refractivity contribution is 5.79. The van der Waals surface area contributed by atoms with Crippen molar-refractivity contribution in [3.05, 3.63) is 59.7 Å². The molecule has 3 rings (SSSR count). The Morgan fingerprint density at radius 1 is 0.794 bits per heavy atom. The molecule has 2 N–H and O–H groups in total. The van der Waals surface area contributed by atoms with Crippen molar-refractivity contribution in [1.29, 1.82) is 0 Å². The van der Waals surface area contributed by atoms with Gasteiger partial charge in [-0.05, 0) is 41.5 Å². The van der Waals surface area contributed by atoms with Gasteiger partial charge >= 0.3 is 18.0 Å². The van der Waals surface area contributed by atoms with Gasteiger partial charge in [-0.15, -0.1) is 0 Å². The van der Waals surface area contributed by atoms with Gasteiger partial charge in [0.1, 0.15) is 13.2 Å². The van der Waals surface area contributed by atoms with Gasteiger partial charge in [-0.25, -0.2) is 4.79 Å². The topological polar surface area (TPSA) is 111 Å². The number of fused-ring (bicyclic) bond motifs is 3. The van der Waals surface area contributed by atoms with Crippen LogP contribution in [0.2, 0.25) is 0 Å². The number of aliphatic carboxylic acids is 1. The van der Waals surface area contributed by atoms with Gasteiger partial charge in [0.15, 0.2) is 0 Å². The molecular formula is C26H31NO7. The quantitative estimate of drug-likeness (QED) is 0.316. The molecule has 0 aromatic heterocycles. The number of carbonyl (C=O) groups is 3. The Bertz CT molecular complexity index is 930. The lowest BCUT2D eigenvalue weighted by Crippen LogP contribution is -2.27. The number of ether oxygens (including phenoxy) is 3. The van der Waals surface area contributed by atoms with Crippen molar-refractivity contribution in [3.8, 4) is 11.1 Å². The Hall–Kier alpha value is -3.39. The van der Waals surface area contributed by atoms with E-state index in [-0.39, 0.29) is 44.5 Å². The van der Waals surface area contributed by atoms with Crippen LogP contribution in [0.4, 0.5) is 4.79 Å². The second kappa shape index (κ2) is 13.3. The van der Waals surface area contributed by atoms with E-state index in [1.165, 1.54) is 22.3 Å². The molecule has 0 fully saturated rings. The number of unbranched alkanes of at least 4 members (excludes halogenated alkanes) is 1. The molecule has 8 heteroatoms. The second-order valence-corrected chi connectivity index (χ2v) is 8.04. The van der Waals surface area contributed by atoms with Gasteiger partial charge in [-0.2, -0.15) is 0 Å². The largest absolute Gasteiger partial charge is 0.481 e. The highest BCUT2D eigenvalue weighted by atomic mass is 16.6. The normalized spacial score (nSPS) is 12.0. The average Bonchev–Trinajstić information content (AvgIpc) is 3.16. The van der Waals surface area contributed by atoms with Crippen LogP contribution in [0, 0.1) is 0 Å². The van der Waals surface area contributed by atoms with Gasteiger partial charge in [0.25, 0.3) is 0 Å². The van der Waals surface area contributed by atoms with Crippen LogP contribution in [0.5, 0.6) is 0 Å². The predicted molar refractivity (Wildman–Crippen MR) is 126 cm³/mol. The molecule has 34 heavy (non-hydrogen) atoms. The van der Waals surface area contributed by atoms with Gasteiger partial charge in [-0.1, -0.05) is 48.5 Å². The third-order valence-corrected chi connectivity index (χ3v) is 5.59. The molecule has 0 saturated heterocycles. The summed E-state index contributed by atoms with van der Waals surface area (Å²) in [6.45, 7) is 1.53. The molecule has 0 unspecified atom stereocenters. The lowest BCUT2D eigenvalue weighted by Gasteiger charge is -2.14. The maximum atomic E-state index is 12.1. The zero-order valence-electron chi connectivity index (χ0n) is 19.2. The van der Waals surface area contributed by atoms with E-state index in [1.54, 1.807) is 0 Å². The molecule has 2 aromatic carbocycles. The van der Waals surface area contributed by atoms with Crippen LogP contribution >= 0.6 is 0 Å². The second-order valence-electron chi connectivity index (χ2n) is 8.04. The lowest BCUT2D eigenvalue weighted by atomic mass is 9.98. The molecule has 0 aliphatic heterocycles. The van der Waals surface area contributed by atoms with Crippen LogP contribution < -0.4 is 5.32 Å². The van der Waals surface area contributed by atoms with E-state index in [0.29, 0.717) is 32.4 Å². The van der Waals surface area contributed by atoms with Crippen molar-refractivity contribution in [2.45, 2.75) is 38.0 Å². The molecule has 182 valence electrons. The van der Waals surface area contributed by atoms with E-state index >= 15 is 0 Å². The van der Waals surface area contributed by atoms with Crippen LogP contribution in [0.15, 0.2) is 48.5 Å². The van der Waals surface area contributed by atoms with E-state index in [0.717, 1.165) is 0 Å². The molecule has 0 atom stereocenters. The number of hydrogen-bond acceptors (Lipinski definition) is 6. The van der Waals surface area contributed by atoms with E-state index in [1.807, 2.05) is 24.3 Å². The van der Waals surface area contributed by atoms with Gasteiger partial charge < -0.3 is 24.6 Å². The highest BCUT2D eigenvalue weighted by Crippen LogP contribution is 2.44. The summed E-state index contributed by atoms with van der Waals surface area (Å²) < 4.78 is 15.9. The molecule has 8 nitrogen and oxygen atoms in total. The summed E-state index contributed by atoms with van der Waals surface area (Å²) in [6.07, 6.45) is 1.36. The smallest absolute Gasteiger partial charge is 0.407 e. The van der Waals surface area contributed by atoms with Gasteiger partial charge in [0, 0.05) is 31.9 Å². The van der Waals surface area contributed by atoms with Crippen molar-refractivity contribution in [2.24, 2.45) is 0 Å². The monoisotopic (exact) mass is 469 g/mol. The summed E-state index contributed by atoms with van der Waals surface area (Å²) in [4.78, 5) is 34.0. The molecule has 1 aliphatic rings. The van der Waals surface area contributed by atoms with Crippen molar-refractivity contribution < 1.29 is 33.7 Å². The summed E-state index contributed by atoms with van der Waals surface area (Å²) in [7, 11) is 0. The van der Waals surface area contributed by atoms with Crippen LogP contribution in [-0.4, -0.2) is 56.1 Å². The molecule has 0 heterocycles. The number of carboxylic acid groups (broad SMARTS) is 1. The summed E-state index contributed by atoms with van der Waals surface area (Å²) in [5.41, 5.74) is 4.72. The van der Waals surface area contributed by atoms with Crippen LogP contribution in [-0.2, 0) is 23.8 Å². The Labute approximate surface area is 199 Å². The molecule has 0 saturated carbocycles. The highest BCUT2D eigenvalue weighted by Gasteiger charge is 2.28. The number of benzene rings is 2. The first kappa shape index (κ1) is 25.2. The summed E-state index contributed by atoms with van der Waals surface area (Å²) in [5, 5.41) is 11.3. The third kappa shape index (κ3) is 7.59. The number of rotatable bonds is 14. The van der Waals surface area contributed by atoms with Crippen LogP contribution in [0.3, 0.4) is 0 Å². The van der Waals surface area contributed by atoms with Crippen LogP contribution in [0.1, 0.15) is 49.1 Å². The molecule has 0 bridgehead atoms. The summed E-state index contributed by atoms with van der Waals surface area (Å²) in [5.74, 6) is -1.19. The minimum atomic E-state index is -0.866. The van der Waals surface area contributed by atoms with Gasteiger partial charge in [0.05, 0.1) is 6.61 Å². The van der Waals surface area contributed by atoms with Crippen molar-refractivity contribution >= 4 is 18.0 Å². The first-order valence-corrected chi connectivity index (χ1v) is 11.6. The number of hydrogen-bond donors (Lipinski definition) is 2. The van der Waals surface area contributed by atoms with E-state index in [4.69, 9.17) is 19.3 Å². The minimum absolute atomic E-state index is 0.0290. The fourth-order valence-corrected chi connectivity index (χ4v) is 3.95. The Morgan fingerprint density at radius 2 is 1.44 bits per heavy atom. The maximum absolute atomic E-state index is 12.1. The fourth-order valence-electron chi connectivity index (χ4n) is 3.95. The molecular weight excluding hydrogens is 438 g/mol. The van der Waals surface area contributed by atoms with E-state index in [9.17, 15) is 14.4 Å². The Balaban J connectivity index is 1.23. The third-order valence-electron chi connectivity index (χ3n) is 5.59. The summed E-state index contributed by atoms with van der Waals surface area (Å²) >= 11 is 0. The van der Waals surface area contributed by atoms with Crippen molar-refractivity contribution in [2.75, 3.05) is 33.0 Å². The van der Waals surface area contributed by atoms with Crippen molar-refractivity contribution in [1.82, 2.24) is 5.32 Å². The average molecular weight is 470 g/mol. The number of carboxylic acids is 1. The molecule has 1 amide bonds. The SMILES string of the molecule is O=C(O)CCCCC(=O)OCCOCCCNC(=O)OCC1c2ccccc2-c2ccccc21. The lowest BCUT2D eigenvalue weighted by molar-refractivity contribution is -0.145. The van der Waals surface area contributed by atoms with Crippen molar-refractivity contribution in [3.63, 3.8) is 0 Å². The number of amides is 1. The van der Waals surface area contributed by atoms with E-state index in [2.05, 4.69) is 29.6 Å². The Kier molecular flexibility index (Phi) is 9.91. The van der Waals surface area contributed by atoms with E-state index < -0.39 is 12.1 Å². The number of carbonyl (C=O) groups excluding carboxylic acids is 2. The fraction of sp³-hybridized carbons (Fsp3) is 0.423. The number of nitrogens with one attached hydrogen (secondary N) is 1. The Morgan fingerprint density at radius 3 is 2.12 bits per heavy atom. The van der Waals surface area contributed by atoms with Crippen LogP contribution in [0.25, 0.3) is 11.1 Å². The number of esters is 1. The summed E-state index contributed by atoms with van der Waals surface area (Å²) in [6, 6.07) is 16.4.